The maximum absolute atomic E-state index is 12.1. The van der Waals surface area contributed by atoms with E-state index in [1.165, 1.54) is 157 Å². The molecule has 5 atom stereocenters. The lowest BCUT2D eigenvalue weighted by atomic mass is 9.99. The Kier molecular flexibility index (Phi) is 50.7. The van der Waals surface area contributed by atoms with Crippen molar-refractivity contribution in [3.63, 3.8) is 0 Å². The van der Waals surface area contributed by atoms with Gasteiger partial charge in [0.25, 0.3) is 0 Å². The number of ether oxygens (including phenoxy) is 1. The van der Waals surface area contributed by atoms with Gasteiger partial charge in [0.05, 0.1) is 13.2 Å². The van der Waals surface area contributed by atoms with E-state index >= 15 is 0 Å². The summed E-state index contributed by atoms with van der Waals surface area (Å²) in [5.74, 6) is 8.94. The van der Waals surface area contributed by atoms with Crippen LogP contribution >= 0.6 is 108 Å². The zero-order chi connectivity index (χ0) is 65.4. The van der Waals surface area contributed by atoms with E-state index in [0.717, 1.165) is 142 Å². The highest BCUT2D eigenvalue weighted by molar-refractivity contribution is 8.78. The molecule has 91 heavy (non-hydrogen) atoms. The molecule has 0 aliphatic carbocycles. The van der Waals surface area contributed by atoms with Crippen molar-refractivity contribution in [3.8, 4) is 0 Å². The number of hydrogen-bond donors (Lipinski definition) is 2. The second kappa shape index (κ2) is 55.1. The number of rotatable bonds is 34. The van der Waals surface area contributed by atoms with E-state index in [9.17, 15) is 28.8 Å². The first kappa shape index (κ1) is 83.7. The van der Waals surface area contributed by atoms with Crippen molar-refractivity contribution in [2.45, 2.75) is 285 Å². The molecule has 0 aromatic heterocycles. The predicted molar refractivity (Wildman–Crippen MR) is 410 cm³/mol. The van der Waals surface area contributed by atoms with Crippen LogP contribution < -0.4 is 10.6 Å². The molecule has 0 aromatic rings. The number of unbranched alkanes of at least 4 members (excludes halogenated alkanes) is 9. The van der Waals surface area contributed by atoms with Crippen molar-refractivity contribution in [3.05, 3.63) is 0 Å². The Bertz CT molecular complexity index is 1890. The molecule has 8 saturated heterocycles. The van der Waals surface area contributed by atoms with Crippen molar-refractivity contribution in [1.29, 1.82) is 0 Å². The molecule has 8 heterocycles. The summed E-state index contributed by atoms with van der Waals surface area (Å²) >= 11 is 0. The molecule has 2 N–H and O–H groups in total. The first-order valence-electron chi connectivity index (χ1n) is 36.0. The minimum atomic E-state index is 0.115. The van der Waals surface area contributed by atoms with Gasteiger partial charge in [-0.1, -0.05) is 193 Å². The molecule has 8 fully saturated rings. The van der Waals surface area contributed by atoms with Crippen LogP contribution in [0.3, 0.4) is 0 Å². The molecule has 23 heteroatoms. The number of piperidine rings is 1. The van der Waals surface area contributed by atoms with Gasteiger partial charge < -0.3 is 35.0 Å². The van der Waals surface area contributed by atoms with E-state index in [2.05, 4.69) is 54.0 Å². The second-order valence-corrected chi connectivity index (χ2v) is 39.6. The van der Waals surface area contributed by atoms with Gasteiger partial charge in [0.1, 0.15) is 0 Å². The average molecular weight is 1460 g/mol. The van der Waals surface area contributed by atoms with Crippen molar-refractivity contribution < 1.29 is 33.5 Å². The van der Waals surface area contributed by atoms with Gasteiger partial charge >= 0.3 is 0 Å². The van der Waals surface area contributed by atoms with Gasteiger partial charge in [0.15, 0.2) is 0 Å². The maximum atomic E-state index is 12.1. The van der Waals surface area contributed by atoms with Crippen LogP contribution in [-0.4, -0.2) is 188 Å². The Morgan fingerprint density at radius 2 is 0.758 bits per heavy atom. The van der Waals surface area contributed by atoms with Crippen LogP contribution in [0.15, 0.2) is 0 Å². The summed E-state index contributed by atoms with van der Waals surface area (Å²) in [6.45, 7) is 19.0. The lowest BCUT2D eigenvalue weighted by molar-refractivity contribution is -0.138. The number of hydrogen-bond acceptors (Lipinski definition) is 17. The quantitative estimate of drug-likeness (QED) is 0.0464. The number of morpholine rings is 1. The molecule has 0 unspecified atom stereocenters. The molecule has 0 bridgehead atoms. The summed E-state index contributed by atoms with van der Waals surface area (Å²) in [4.78, 5) is 78.2. The Morgan fingerprint density at radius 3 is 1.12 bits per heavy atom. The smallest absolute Gasteiger partial charge is 0.222 e. The minimum absolute atomic E-state index is 0.115. The summed E-state index contributed by atoms with van der Waals surface area (Å²) in [6.07, 6.45) is 38.9. The normalized spacial score (nSPS) is 22.5. The second-order valence-electron chi connectivity index (χ2n) is 25.7. The molecule has 13 nitrogen and oxygen atoms in total. The zero-order valence-corrected chi connectivity index (χ0v) is 65.3. The standard InChI is InChI=1S/C15H29NOS2.C14H24N2O2S2.C14H25NOS2.C13H25NOS2.C12H21NO2S2/c1-2-3-4-5-8-12-16-15(17)10-7-6-9-14-11-13-18-19-14;1-12(17)15-7-9-16(10-8-15)14(18)5-3-2-4-13-6-11-19-20-13;1-12-6-9-15(10-7-12)14(16)5-3-2-4-13-8-11-17-18-13;1-3-11(4-2)14-13(15)8-6-5-7-12-9-10-16-17-12;14-12(13-6-8-15-9-7-13)4-2-1-3-11-5-10-16-17-11/h14H,2-13H2,1H3,(H,16,17);13H,2-11H2,1H3;12-13H,2-11H2,1H3;11-12H,3-10H2,1-2H3,(H,14,15);11H,1-10H2/t14-;2*13-;12-;11-/m11111/s1. The highest BCUT2D eigenvalue weighted by Gasteiger charge is 2.25. The van der Waals surface area contributed by atoms with Crippen LogP contribution in [0.25, 0.3) is 0 Å². The molecule has 8 aliphatic heterocycles. The van der Waals surface area contributed by atoms with Crippen LogP contribution in [0.4, 0.5) is 0 Å². The Labute approximate surface area is 594 Å². The van der Waals surface area contributed by atoms with Crippen molar-refractivity contribution in [2.75, 3.05) is 101 Å². The van der Waals surface area contributed by atoms with Crippen LogP contribution in [0, 0.1) is 5.92 Å². The molecule has 528 valence electrons. The number of amides is 6. The molecule has 8 aliphatic rings. The third kappa shape index (κ3) is 41.5. The fraction of sp³-hybridized carbons (Fsp3) is 0.912. The summed E-state index contributed by atoms with van der Waals surface area (Å²) in [5.41, 5.74) is 0. The molecule has 0 spiro atoms. The van der Waals surface area contributed by atoms with Crippen LogP contribution in [0.1, 0.15) is 253 Å². The number of carbonyl (C=O) groups is 6. The van der Waals surface area contributed by atoms with E-state index in [4.69, 9.17) is 4.74 Å². The van der Waals surface area contributed by atoms with E-state index in [0.29, 0.717) is 70.1 Å². The molecule has 6 amide bonds. The van der Waals surface area contributed by atoms with Gasteiger partial charge in [0, 0.05) is 159 Å². The van der Waals surface area contributed by atoms with E-state index in [1.54, 1.807) is 6.92 Å². The highest BCUT2D eigenvalue weighted by atomic mass is 33.1. The number of nitrogens with one attached hydrogen (secondary N) is 2. The lowest BCUT2D eigenvalue weighted by Crippen LogP contribution is -2.50. The summed E-state index contributed by atoms with van der Waals surface area (Å²) < 4.78 is 5.24. The number of piperazine rings is 1. The topological polar surface area (TPSA) is 149 Å². The Morgan fingerprint density at radius 1 is 0.407 bits per heavy atom. The average Bonchev–Trinajstić information content (AvgIpc) is 4.61. The summed E-state index contributed by atoms with van der Waals surface area (Å²) in [7, 11) is 20.2. The zero-order valence-electron chi connectivity index (χ0n) is 57.1. The Hall–Kier alpha value is 0.280. The van der Waals surface area contributed by atoms with Gasteiger partial charge in [-0.25, -0.2) is 0 Å². The summed E-state index contributed by atoms with van der Waals surface area (Å²) in [6, 6.07) is 0.379. The fourth-order valence-electron chi connectivity index (χ4n) is 11.7. The third-order valence-electron chi connectivity index (χ3n) is 18.0. The monoisotopic (exact) mass is 1460 g/mol. The Balaban J connectivity index is 0.000000243. The van der Waals surface area contributed by atoms with Crippen LogP contribution in [-0.2, 0) is 33.5 Å². The van der Waals surface area contributed by atoms with Gasteiger partial charge in [-0.05, 0) is 134 Å². The van der Waals surface area contributed by atoms with Crippen LogP contribution in [0.5, 0.6) is 0 Å². The van der Waals surface area contributed by atoms with Crippen molar-refractivity contribution >= 4 is 143 Å². The van der Waals surface area contributed by atoms with Gasteiger partial charge in [-0.3, -0.25) is 28.8 Å². The van der Waals surface area contributed by atoms with Crippen molar-refractivity contribution in [2.24, 2.45) is 5.92 Å². The first-order valence-corrected chi connectivity index (χ1v) is 47.9. The van der Waals surface area contributed by atoms with E-state index < -0.39 is 0 Å². The maximum Gasteiger partial charge on any atom is 0.222 e. The first-order chi connectivity index (χ1) is 44.4. The lowest BCUT2D eigenvalue weighted by Gasteiger charge is -2.34. The number of carbonyl (C=O) groups excluding carboxylic acids is 6. The fourth-order valence-corrected chi connectivity index (χ4v) is 26.9. The van der Waals surface area contributed by atoms with Crippen molar-refractivity contribution in [1.82, 2.24) is 30.2 Å². The summed E-state index contributed by atoms with van der Waals surface area (Å²) in [5, 5.41) is 10.4. The minimum Gasteiger partial charge on any atom is -0.378 e. The molecule has 0 aromatic carbocycles. The SMILES string of the molecule is CC(=O)N1CCN(C(=O)CCCC[C@@H]2CCSS2)CC1.CC1CCN(C(=O)CCCC[C@@H]2CCSS2)CC1.CCC(CC)NC(=O)CCCC[C@@H]1CCSS1.CCCCCCCNC(=O)CCCC[C@@H]1CCSS1.O=C(CCCC[C@@H]1CCSS1)N1CCOCC1. The molecule has 0 radical (unpaired) electrons. The molecule has 8 rings (SSSR count). The van der Waals surface area contributed by atoms with Gasteiger partial charge in [-0.2, -0.15) is 0 Å². The molecule has 0 saturated carbocycles. The van der Waals surface area contributed by atoms with E-state index in [1.807, 2.05) is 112 Å². The largest absolute Gasteiger partial charge is 0.378 e. The molecular weight excluding hydrogens is 1330 g/mol. The number of nitrogens with zero attached hydrogens (tertiary/aromatic N) is 4. The van der Waals surface area contributed by atoms with E-state index in [-0.39, 0.29) is 23.6 Å². The number of likely N-dealkylation sites (tertiary alicyclic amines) is 1. The highest BCUT2D eigenvalue weighted by Crippen LogP contribution is 2.43. The van der Waals surface area contributed by atoms with Gasteiger partial charge in [0.2, 0.25) is 35.4 Å². The third-order valence-corrected chi connectivity index (χ3v) is 33.1. The van der Waals surface area contributed by atoms with Gasteiger partial charge in [-0.15, -0.1) is 0 Å². The van der Waals surface area contributed by atoms with Crippen LogP contribution in [0.2, 0.25) is 0 Å². The molecular formula is C68H124N6O7S10. The predicted octanol–water partition coefficient (Wildman–Crippen LogP) is 17.7.